The van der Waals surface area contributed by atoms with Gasteiger partial charge in [-0.2, -0.15) is 0 Å². The highest BCUT2D eigenvalue weighted by molar-refractivity contribution is 14.1. The van der Waals surface area contributed by atoms with Crippen molar-refractivity contribution in [2.75, 3.05) is 18.8 Å². The summed E-state index contributed by atoms with van der Waals surface area (Å²) >= 11 is 2.22. The van der Waals surface area contributed by atoms with Crippen LogP contribution in [-0.2, 0) is 0 Å². The summed E-state index contributed by atoms with van der Waals surface area (Å²) in [5, 5.41) is 3.36. The third-order valence-corrected chi connectivity index (χ3v) is 3.75. The maximum Gasteiger partial charge on any atom is 0.150 e. The monoisotopic (exact) mass is 365 g/mol. The predicted octanol–water partition coefficient (Wildman–Crippen LogP) is 1.41. The van der Waals surface area contributed by atoms with Gasteiger partial charge in [0.2, 0.25) is 0 Å². The first-order valence-electron chi connectivity index (χ1n) is 5.26. The van der Waals surface area contributed by atoms with Gasteiger partial charge in [0.25, 0.3) is 0 Å². The van der Waals surface area contributed by atoms with Crippen LogP contribution in [-0.4, -0.2) is 27.5 Å². The number of anilines is 1. The Hall–Kier alpha value is -0.600. The lowest BCUT2D eigenvalue weighted by molar-refractivity contribution is 0.697. The molecular formula is C10H13ClIN5. The maximum absolute atomic E-state index is 5.88. The number of hydrogen-bond donors (Lipinski definition) is 2. The van der Waals surface area contributed by atoms with Crippen molar-refractivity contribution in [3.8, 4) is 0 Å². The van der Waals surface area contributed by atoms with Crippen LogP contribution in [0.15, 0.2) is 12.4 Å². The fraction of sp³-hybridized carbons (Fsp3) is 0.400. The zero-order chi connectivity index (χ0) is 11.1. The van der Waals surface area contributed by atoms with Crippen molar-refractivity contribution in [2.45, 2.75) is 12.3 Å². The van der Waals surface area contributed by atoms with Gasteiger partial charge >= 0.3 is 0 Å². The highest BCUT2D eigenvalue weighted by Crippen LogP contribution is 2.26. The highest BCUT2D eigenvalue weighted by atomic mass is 127. The van der Waals surface area contributed by atoms with Crippen LogP contribution in [0.5, 0.6) is 0 Å². The van der Waals surface area contributed by atoms with Gasteiger partial charge in [-0.3, -0.25) is 4.40 Å². The van der Waals surface area contributed by atoms with Crippen molar-refractivity contribution in [1.29, 1.82) is 0 Å². The molecule has 1 aliphatic rings. The fourth-order valence-electron chi connectivity index (χ4n) is 2.21. The molecule has 0 amide bonds. The molecule has 3 rings (SSSR count). The Labute approximate surface area is 119 Å². The van der Waals surface area contributed by atoms with Gasteiger partial charge in [0.15, 0.2) is 5.82 Å². The molecule has 1 atom stereocenters. The Morgan fingerprint density at radius 3 is 3.06 bits per heavy atom. The molecule has 92 valence electrons. The topological polar surface area (TPSA) is 68.2 Å². The minimum Gasteiger partial charge on any atom is -0.382 e. The molecule has 2 aromatic rings. The van der Waals surface area contributed by atoms with Crippen LogP contribution in [0.3, 0.4) is 0 Å². The number of rotatable bonds is 1. The summed E-state index contributed by atoms with van der Waals surface area (Å²) in [4.78, 5) is 8.73. The van der Waals surface area contributed by atoms with E-state index in [1.54, 1.807) is 6.20 Å². The lowest BCUT2D eigenvalue weighted by atomic mass is 10.1. The van der Waals surface area contributed by atoms with E-state index in [1.165, 1.54) is 0 Å². The second-order valence-corrected chi connectivity index (χ2v) is 5.00. The molecule has 0 aliphatic carbocycles. The summed E-state index contributed by atoms with van der Waals surface area (Å²) < 4.78 is 3.01. The van der Waals surface area contributed by atoms with E-state index in [1.807, 2.05) is 6.20 Å². The molecule has 0 spiro atoms. The number of imidazole rings is 1. The van der Waals surface area contributed by atoms with Gasteiger partial charge in [-0.1, -0.05) is 0 Å². The average Bonchev–Trinajstić information content (AvgIpc) is 2.86. The van der Waals surface area contributed by atoms with Crippen molar-refractivity contribution < 1.29 is 0 Å². The second-order valence-electron chi connectivity index (χ2n) is 3.98. The number of nitrogens with one attached hydrogen (secondary N) is 1. The van der Waals surface area contributed by atoms with Gasteiger partial charge in [-0.15, -0.1) is 12.4 Å². The molecule has 1 aliphatic heterocycles. The predicted molar refractivity (Wildman–Crippen MR) is 77.6 cm³/mol. The molecule has 17 heavy (non-hydrogen) atoms. The third-order valence-electron chi connectivity index (χ3n) is 2.99. The molecule has 0 saturated carbocycles. The summed E-state index contributed by atoms with van der Waals surface area (Å²) in [6.07, 6.45) is 4.80. The zero-order valence-corrected chi connectivity index (χ0v) is 12.0. The summed E-state index contributed by atoms with van der Waals surface area (Å²) in [5.74, 6) is 2.13. The van der Waals surface area contributed by atoms with Crippen LogP contribution in [0.4, 0.5) is 5.82 Å². The Bertz CT molecular complexity index is 535. The number of nitrogen functional groups attached to an aromatic ring is 1. The van der Waals surface area contributed by atoms with E-state index in [0.717, 1.165) is 34.6 Å². The second kappa shape index (κ2) is 4.95. The van der Waals surface area contributed by atoms with Crippen LogP contribution in [0.2, 0.25) is 0 Å². The van der Waals surface area contributed by atoms with Crippen molar-refractivity contribution in [1.82, 2.24) is 19.7 Å². The SMILES string of the molecule is Cl.Nc1nccn2c([C@H]3CCNC3)nc(I)c12. The molecule has 1 fully saturated rings. The van der Waals surface area contributed by atoms with Gasteiger partial charge < -0.3 is 11.1 Å². The molecule has 0 aromatic carbocycles. The van der Waals surface area contributed by atoms with Gasteiger partial charge in [0.1, 0.15) is 15.0 Å². The van der Waals surface area contributed by atoms with Crippen molar-refractivity contribution in [3.05, 3.63) is 21.9 Å². The lowest BCUT2D eigenvalue weighted by Crippen LogP contribution is -2.10. The number of aromatic nitrogens is 3. The molecule has 2 aromatic heterocycles. The Balaban J connectivity index is 0.00000108. The minimum absolute atomic E-state index is 0. The maximum atomic E-state index is 5.88. The molecule has 3 heterocycles. The van der Waals surface area contributed by atoms with Crippen LogP contribution < -0.4 is 11.1 Å². The van der Waals surface area contributed by atoms with Gasteiger partial charge in [0, 0.05) is 24.9 Å². The standard InChI is InChI=1S/C10H12IN5.ClH/c11-8-7-9(12)14-3-4-16(7)10(15-8)6-1-2-13-5-6;/h3-4,6,13H,1-2,5H2,(H2,12,14);1H/t6-;/m0./s1. The first-order chi connectivity index (χ1) is 7.77. The van der Waals surface area contributed by atoms with E-state index < -0.39 is 0 Å². The quantitative estimate of drug-likeness (QED) is 0.750. The number of fused-ring (bicyclic) bond motifs is 1. The highest BCUT2D eigenvalue weighted by Gasteiger charge is 2.23. The van der Waals surface area contributed by atoms with Crippen LogP contribution >= 0.6 is 35.0 Å². The van der Waals surface area contributed by atoms with Crippen LogP contribution in [0, 0.1) is 3.70 Å². The first-order valence-corrected chi connectivity index (χ1v) is 6.34. The molecule has 3 N–H and O–H groups in total. The normalized spacial score (nSPS) is 19.5. The van der Waals surface area contributed by atoms with E-state index in [0.29, 0.717) is 11.7 Å². The Kier molecular flexibility index (Phi) is 3.74. The van der Waals surface area contributed by atoms with Gasteiger partial charge in [0.05, 0.1) is 0 Å². The summed E-state index contributed by atoms with van der Waals surface area (Å²) in [6, 6.07) is 0. The fourth-order valence-corrected chi connectivity index (χ4v) is 2.99. The van der Waals surface area contributed by atoms with Crippen molar-refractivity contribution >= 4 is 46.3 Å². The molecule has 7 heteroatoms. The number of nitrogens with two attached hydrogens (primary N) is 1. The number of hydrogen-bond acceptors (Lipinski definition) is 4. The van der Waals surface area contributed by atoms with E-state index in [4.69, 9.17) is 5.73 Å². The summed E-state index contributed by atoms with van der Waals surface area (Å²) in [7, 11) is 0. The smallest absolute Gasteiger partial charge is 0.150 e. The largest absolute Gasteiger partial charge is 0.382 e. The van der Waals surface area contributed by atoms with Crippen LogP contribution in [0.1, 0.15) is 18.2 Å². The molecule has 0 bridgehead atoms. The molecule has 0 unspecified atom stereocenters. The third kappa shape index (κ3) is 2.09. The Morgan fingerprint density at radius 2 is 2.35 bits per heavy atom. The lowest BCUT2D eigenvalue weighted by Gasteiger charge is -2.07. The number of halogens is 2. The molecule has 1 saturated heterocycles. The Morgan fingerprint density at radius 1 is 1.53 bits per heavy atom. The first kappa shape index (κ1) is 12.8. The molecule has 5 nitrogen and oxygen atoms in total. The van der Waals surface area contributed by atoms with E-state index in [-0.39, 0.29) is 12.4 Å². The zero-order valence-electron chi connectivity index (χ0n) is 9.06. The summed E-state index contributed by atoms with van der Waals surface area (Å²) in [6.45, 7) is 2.06. The van der Waals surface area contributed by atoms with Crippen molar-refractivity contribution in [3.63, 3.8) is 0 Å². The number of nitrogens with zero attached hydrogens (tertiary/aromatic N) is 3. The van der Waals surface area contributed by atoms with E-state index in [9.17, 15) is 0 Å². The van der Waals surface area contributed by atoms with E-state index >= 15 is 0 Å². The average molecular weight is 366 g/mol. The van der Waals surface area contributed by atoms with Gasteiger partial charge in [-0.25, -0.2) is 9.97 Å². The van der Waals surface area contributed by atoms with Crippen molar-refractivity contribution in [2.24, 2.45) is 0 Å². The molecule has 0 radical (unpaired) electrons. The molecular weight excluding hydrogens is 353 g/mol. The van der Waals surface area contributed by atoms with E-state index in [2.05, 4.69) is 42.3 Å². The van der Waals surface area contributed by atoms with Crippen LogP contribution in [0.25, 0.3) is 5.52 Å². The van der Waals surface area contributed by atoms with Gasteiger partial charge in [-0.05, 0) is 35.6 Å². The summed E-state index contributed by atoms with van der Waals surface area (Å²) in [5.41, 5.74) is 6.81. The minimum atomic E-state index is 0.